The van der Waals surface area contributed by atoms with Crippen LogP contribution in [0.4, 0.5) is 11.4 Å². The van der Waals surface area contributed by atoms with E-state index >= 15 is 0 Å². The maximum absolute atomic E-state index is 13.8. The number of hydrogen-bond acceptors (Lipinski definition) is 7. The fraction of sp³-hybridized carbons (Fsp3) is 0.103. The Kier molecular flexibility index (Phi) is 7.59. The lowest BCUT2D eigenvalue weighted by Crippen LogP contribution is -2.37. The van der Waals surface area contributed by atoms with Crippen LogP contribution in [-0.4, -0.2) is 25.2 Å². The number of carbonyl (C=O) groups is 2. The molecule has 0 saturated carbocycles. The molecule has 0 saturated heterocycles. The number of ether oxygens (including phenoxy) is 1. The number of nitro groups is 1. The van der Waals surface area contributed by atoms with Crippen molar-refractivity contribution in [1.82, 2.24) is 0 Å². The molecule has 0 atom stereocenters. The van der Waals surface area contributed by atoms with Gasteiger partial charge in [0.15, 0.2) is 0 Å². The van der Waals surface area contributed by atoms with Crippen molar-refractivity contribution in [2.24, 2.45) is 0 Å². The Labute approximate surface area is 225 Å². The van der Waals surface area contributed by atoms with Crippen molar-refractivity contribution in [1.29, 1.82) is 0 Å². The van der Waals surface area contributed by atoms with Gasteiger partial charge in [-0.05, 0) is 75.4 Å². The molecular weight excluding hydrogens is 520 g/mol. The molecule has 10 heteroatoms. The first-order chi connectivity index (χ1) is 18.5. The molecule has 0 unspecified atom stereocenters. The van der Waals surface area contributed by atoms with E-state index in [0.29, 0.717) is 9.87 Å². The van der Waals surface area contributed by atoms with Crippen LogP contribution in [-0.2, 0) is 10.0 Å². The van der Waals surface area contributed by atoms with Gasteiger partial charge in [-0.25, -0.2) is 13.2 Å². The smallest absolute Gasteiger partial charge is 0.343 e. The maximum Gasteiger partial charge on any atom is 0.343 e. The summed E-state index contributed by atoms with van der Waals surface area (Å²) < 4.78 is 33.5. The standard InChI is InChI=1S/C29H24N2O7S/c1-19-4-9-22(10-5-19)28(32)30(39(36,37)26-17-8-21(3)27(18-26)31(34)35)24-13-15-25(16-14-24)38-29(33)23-11-6-20(2)7-12-23/h4-18H,1-3H3. The zero-order chi connectivity index (χ0) is 28.3. The van der Waals surface area contributed by atoms with E-state index in [1.165, 1.54) is 55.5 Å². The zero-order valence-corrected chi connectivity index (χ0v) is 22.1. The van der Waals surface area contributed by atoms with Crippen molar-refractivity contribution < 1.29 is 27.7 Å². The number of benzene rings is 4. The van der Waals surface area contributed by atoms with Crippen LogP contribution in [0.3, 0.4) is 0 Å². The lowest BCUT2D eigenvalue weighted by Gasteiger charge is -2.23. The summed E-state index contributed by atoms with van der Waals surface area (Å²) in [7, 11) is -4.60. The first-order valence-corrected chi connectivity index (χ1v) is 13.2. The van der Waals surface area contributed by atoms with Gasteiger partial charge in [-0.15, -0.1) is 0 Å². The number of amides is 1. The Balaban J connectivity index is 1.74. The molecular formula is C29H24N2O7S. The molecule has 0 spiro atoms. The number of esters is 1. The minimum Gasteiger partial charge on any atom is -0.423 e. The molecule has 0 heterocycles. The second-order valence-corrected chi connectivity index (χ2v) is 10.7. The quantitative estimate of drug-likeness (QED) is 0.125. The number of nitro benzene ring substituents is 1. The first-order valence-electron chi connectivity index (χ1n) is 11.8. The molecule has 39 heavy (non-hydrogen) atoms. The van der Waals surface area contributed by atoms with Crippen molar-refractivity contribution in [2.75, 3.05) is 4.31 Å². The van der Waals surface area contributed by atoms with Crippen molar-refractivity contribution in [3.05, 3.63) is 129 Å². The van der Waals surface area contributed by atoms with Crippen LogP contribution in [0, 0.1) is 30.9 Å². The Bertz CT molecular complexity index is 1660. The largest absolute Gasteiger partial charge is 0.423 e. The van der Waals surface area contributed by atoms with Gasteiger partial charge >= 0.3 is 5.97 Å². The van der Waals surface area contributed by atoms with E-state index in [1.54, 1.807) is 36.4 Å². The minimum absolute atomic E-state index is 0.0427. The topological polar surface area (TPSA) is 124 Å². The van der Waals surface area contributed by atoms with E-state index in [4.69, 9.17) is 4.74 Å². The van der Waals surface area contributed by atoms with Gasteiger partial charge in [-0.3, -0.25) is 14.9 Å². The van der Waals surface area contributed by atoms with Crippen molar-refractivity contribution >= 4 is 33.3 Å². The summed E-state index contributed by atoms with van der Waals surface area (Å²) in [5.74, 6) is -1.33. The fourth-order valence-electron chi connectivity index (χ4n) is 3.74. The average Bonchev–Trinajstić information content (AvgIpc) is 2.90. The highest BCUT2D eigenvalue weighted by Crippen LogP contribution is 2.31. The molecule has 0 aliphatic heterocycles. The molecule has 198 valence electrons. The van der Waals surface area contributed by atoms with E-state index in [9.17, 15) is 28.1 Å². The normalized spacial score (nSPS) is 11.1. The second kappa shape index (κ2) is 10.9. The minimum atomic E-state index is -4.60. The molecule has 4 aromatic carbocycles. The van der Waals surface area contributed by atoms with Gasteiger partial charge in [-0.1, -0.05) is 41.5 Å². The Morgan fingerprint density at radius 3 is 1.85 bits per heavy atom. The van der Waals surface area contributed by atoms with Crippen LogP contribution >= 0.6 is 0 Å². The van der Waals surface area contributed by atoms with Gasteiger partial charge in [0, 0.05) is 17.2 Å². The van der Waals surface area contributed by atoms with Gasteiger partial charge in [0.2, 0.25) is 0 Å². The Morgan fingerprint density at radius 1 is 0.769 bits per heavy atom. The first kappa shape index (κ1) is 27.2. The lowest BCUT2D eigenvalue weighted by molar-refractivity contribution is -0.385. The molecule has 1 amide bonds. The van der Waals surface area contributed by atoms with Crippen LogP contribution < -0.4 is 9.04 Å². The molecule has 4 aromatic rings. The summed E-state index contributed by atoms with van der Waals surface area (Å²) in [6.45, 7) is 5.20. The third-order valence-electron chi connectivity index (χ3n) is 5.97. The molecule has 0 aliphatic carbocycles. The van der Waals surface area contributed by atoms with Gasteiger partial charge in [-0.2, -0.15) is 4.31 Å². The highest BCUT2D eigenvalue weighted by molar-refractivity contribution is 7.93. The summed E-state index contributed by atoms with van der Waals surface area (Å²) >= 11 is 0. The number of sulfonamides is 1. The van der Waals surface area contributed by atoms with Crippen LogP contribution in [0.2, 0.25) is 0 Å². The maximum atomic E-state index is 13.8. The lowest BCUT2D eigenvalue weighted by atomic mass is 10.1. The van der Waals surface area contributed by atoms with Crippen LogP contribution in [0.1, 0.15) is 37.4 Å². The fourth-order valence-corrected chi connectivity index (χ4v) is 5.17. The summed E-state index contributed by atoms with van der Waals surface area (Å²) in [5, 5.41) is 11.5. The van der Waals surface area contributed by atoms with E-state index < -0.39 is 37.4 Å². The summed E-state index contributed by atoms with van der Waals surface area (Å²) in [5.41, 5.74) is 2.13. The van der Waals surface area contributed by atoms with Crippen LogP contribution in [0.25, 0.3) is 0 Å². The molecule has 0 bridgehead atoms. The zero-order valence-electron chi connectivity index (χ0n) is 21.3. The highest BCUT2D eigenvalue weighted by atomic mass is 32.2. The van der Waals surface area contributed by atoms with Gasteiger partial charge < -0.3 is 4.74 Å². The van der Waals surface area contributed by atoms with E-state index in [2.05, 4.69) is 0 Å². The molecule has 0 fully saturated rings. The molecule has 4 rings (SSSR count). The van der Waals surface area contributed by atoms with E-state index in [1.807, 2.05) is 13.8 Å². The second-order valence-electron chi connectivity index (χ2n) is 8.90. The Morgan fingerprint density at radius 2 is 1.31 bits per heavy atom. The number of hydrogen-bond donors (Lipinski definition) is 0. The molecule has 0 aromatic heterocycles. The van der Waals surface area contributed by atoms with Gasteiger partial charge in [0.05, 0.1) is 21.1 Å². The highest BCUT2D eigenvalue weighted by Gasteiger charge is 2.33. The number of aryl methyl sites for hydroxylation is 3. The number of nitrogens with zero attached hydrogens (tertiary/aromatic N) is 2. The number of rotatable bonds is 7. The SMILES string of the molecule is Cc1ccc(C(=O)Oc2ccc(N(C(=O)c3ccc(C)cc3)S(=O)(=O)c3ccc(C)c([N+](=O)[O-])c3)cc2)cc1. The Hall–Kier alpha value is -4.83. The summed E-state index contributed by atoms with van der Waals surface area (Å²) in [6, 6.07) is 22.0. The van der Waals surface area contributed by atoms with E-state index in [-0.39, 0.29) is 22.6 Å². The van der Waals surface area contributed by atoms with Crippen molar-refractivity contribution in [2.45, 2.75) is 25.7 Å². The van der Waals surface area contributed by atoms with E-state index in [0.717, 1.165) is 17.2 Å². The summed E-state index contributed by atoms with van der Waals surface area (Å²) in [4.78, 5) is 36.4. The summed E-state index contributed by atoms with van der Waals surface area (Å²) in [6.07, 6.45) is 0. The van der Waals surface area contributed by atoms with Gasteiger partial charge in [0.25, 0.3) is 21.6 Å². The van der Waals surface area contributed by atoms with Crippen LogP contribution in [0.5, 0.6) is 5.75 Å². The van der Waals surface area contributed by atoms with Crippen molar-refractivity contribution in [3.63, 3.8) is 0 Å². The van der Waals surface area contributed by atoms with Gasteiger partial charge in [0.1, 0.15) is 5.75 Å². The molecule has 0 radical (unpaired) electrons. The molecule has 0 aliphatic rings. The monoisotopic (exact) mass is 544 g/mol. The predicted octanol–water partition coefficient (Wildman–Crippen LogP) is 5.77. The number of carbonyl (C=O) groups excluding carboxylic acids is 2. The van der Waals surface area contributed by atoms with Crippen LogP contribution in [0.15, 0.2) is 95.9 Å². The van der Waals surface area contributed by atoms with Crippen molar-refractivity contribution in [3.8, 4) is 5.75 Å². The number of anilines is 1. The molecule has 0 N–H and O–H groups in total. The molecule has 9 nitrogen and oxygen atoms in total. The third kappa shape index (κ3) is 5.86. The average molecular weight is 545 g/mol. The predicted molar refractivity (Wildman–Crippen MR) is 146 cm³/mol. The third-order valence-corrected chi connectivity index (χ3v) is 7.67.